The van der Waals surface area contributed by atoms with E-state index >= 15 is 0 Å². The second kappa shape index (κ2) is 3.10. The maximum Gasteiger partial charge on any atom is 0.0662 e. The maximum absolute atomic E-state index is 8.80. The Morgan fingerprint density at radius 1 is 1.07 bits per heavy atom. The van der Waals surface area contributed by atoms with E-state index in [2.05, 4.69) is 48.5 Å². The minimum absolute atomic E-state index is 0.256. The van der Waals surface area contributed by atoms with Gasteiger partial charge in [0.25, 0.3) is 0 Å². The van der Waals surface area contributed by atoms with Crippen LogP contribution in [0.4, 0.5) is 0 Å². The topological polar surface area (TPSA) is 23.8 Å². The molecule has 2 unspecified atom stereocenters. The Balaban J connectivity index is 2.05. The SMILES string of the molecule is N#CC1CC1c1ccc2ccccc2c1. The summed E-state index contributed by atoms with van der Waals surface area (Å²) in [6.45, 7) is 0. The quantitative estimate of drug-likeness (QED) is 0.680. The minimum atomic E-state index is 0.256. The van der Waals surface area contributed by atoms with Crippen molar-refractivity contribution in [1.29, 1.82) is 5.26 Å². The molecule has 2 aromatic carbocycles. The molecule has 1 nitrogen and oxygen atoms in total. The molecule has 0 bridgehead atoms. The van der Waals surface area contributed by atoms with Gasteiger partial charge in [-0.15, -0.1) is 0 Å². The van der Waals surface area contributed by atoms with Crippen molar-refractivity contribution < 1.29 is 0 Å². The van der Waals surface area contributed by atoms with Crippen LogP contribution in [0, 0.1) is 17.2 Å². The summed E-state index contributed by atoms with van der Waals surface area (Å²) in [5.41, 5.74) is 1.32. The van der Waals surface area contributed by atoms with Crippen molar-refractivity contribution in [1.82, 2.24) is 0 Å². The van der Waals surface area contributed by atoms with E-state index in [0.717, 1.165) is 6.42 Å². The van der Waals surface area contributed by atoms with Crippen LogP contribution in [0.1, 0.15) is 17.9 Å². The van der Waals surface area contributed by atoms with E-state index < -0.39 is 0 Å². The third kappa shape index (κ3) is 1.39. The van der Waals surface area contributed by atoms with Crippen molar-refractivity contribution in [2.45, 2.75) is 12.3 Å². The third-order valence-electron chi connectivity index (χ3n) is 3.16. The molecule has 15 heavy (non-hydrogen) atoms. The highest BCUT2D eigenvalue weighted by molar-refractivity contribution is 5.83. The van der Waals surface area contributed by atoms with Crippen molar-refractivity contribution in [3.8, 4) is 6.07 Å². The molecule has 0 N–H and O–H groups in total. The van der Waals surface area contributed by atoms with E-state index in [1.807, 2.05) is 0 Å². The monoisotopic (exact) mass is 193 g/mol. The molecule has 0 heterocycles. The molecule has 0 amide bonds. The van der Waals surface area contributed by atoms with Gasteiger partial charge in [0, 0.05) is 5.92 Å². The molecule has 1 saturated carbocycles. The zero-order valence-electron chi connectivity index (χ0n) is 8.35. The number of hydrogen-bond donors (Lipinski definition) is 0. The van der Waals surface area contributed by atoms with Crippen LogP contribution < -0.4 is 0 Å². The van der Waals surface area contributed by atoms with Crippen LogP contribution in [0.15, 0.2) is 42.5 Å². The fourth-order valence-corrected chi connectivity index (χ4v) is 2.14. The highest BCUT2D eigenvalue weighted by Crippen LogP contribution is 2.47. The zero-order chi connectivity index (χ0) is 10.3. The zero-order valence-corrected chi connectivity index (χ0v) is 8.35. The molecule has 0 aromatic heterocycles. The average Bonchev–Trinajstić information content (AvgIpc) is 3.08. The normalized spacial score (nSPS) is 23.7. The van der Waals surface area contributed by atoms with Gasteiger partial charge in [-0.2, -0.15) is 5.26 Å². The van der Waals surface area contributed by atoms with Gasteiger partial charge in [0.15, 0.2) is 0 Å². The molecule has 1 heteroatoms. The smallest absolute Gasteiger partial charge is 0.0662 e. The molecule has 1 fully saturated rings. The van der Waals surface area contributed by atoms with Gasteiger partial charge in [-0.25, -0.2) is 0 Å². The van der Waals surface area contributed by atoms with Crippen LogP contribution in [0.25, 0.3) is 10.8 Å². The van der Waals surface area contributed by atoms with Crippen molar-refractivity contribution >= 4 is 10.8 Å². The number of hydrogen-bond acceptors (Lipinski definition) is 1. The van der Waals surface area contributed by atoms with E-state index in [9.17, 15) is 0 Å². The predicted molar refractivity (Wildman–Crippen MR) is 60.4 cm³/mol. The van der Waals surface area contributed by atoms with Crippen LogP contribution in [0.3, 0.4) is 0 Å². The number of nitrogens with zero attached hydrogens (tertiary/aromatic N) is 1. The number of fused-ring (bicyclic) bond motifs is 1. The average molecular weight is 193 g/mol. The van der Waals surface area contributed by atoms with Crippen LogP contribution in [-0.2, 0) is 0 Å². The van der Waals surface area contributed by atoms with Crippen LogP contribution >= 0.6 is 0 Å². The van der Waals surface area contributed by atoms with Gasteiger partial charge < -0.3 is 0 Å². The van der Waals surface area contributed by atoms with E-state index in [1.165, 1.54) is 16.3 Å². The Morgan fingerprint density at radius 3 is 2.60 bits per heavy atom. The molecule has 1 aliphatic rings. The Morgan fingerprint density at radius 2 is 1.87 bits per heavy atom. The van der Waals surface area contributed by atoms with Crippen molar-refractivity contribution in [3.63, 3.8) is 0 Å². The summed E-state index contributed by atoms with van der Waals surface area (Å²) in [7, 11) is 0. The minimum Gasteiger partial charge on any atom is -0.198 e. The fraction of sp³-hybridized carbons (Fsp3) is 0.214. The van der Waals surface area contributed by atoms with Crippen molar-refractivity contribution in [2.24, 2.45) is 5.92 Å². The summed E-state index contributed by atoms with van der Waals surface area (Å²) < 4.78 is 0. The first kappa shape index (κ1) is 8.49. The summed E-state index contributed by atoms with van der Waals surface area (Å²) in [6, 6.07) is 17.2. The molecule has 0 spiro atoms. The standard InChI is InChI=1S/C14H11N/c15-9-13-8-14(13)12-6-5-10-3-1-2-4-11(10)7-12/h1-7,13-14H,8H2. The lowest BCUT2D eigenvalue weighted by Crippen LogP contribution is -1.82. The summed E-state index contributed by atoms with van der Waals surface area (Å²) in [4.78, 5) is 0. The second-order valence-corrected chi connectivity index (χ2v) is 4.18. The van der Waals surface area contributed by atoms with Gasteiger partial charge in [-0.05, 0) is 22.8 Å². The lowest BCUT2D eigenvalue weighted by molar-refractivity contribution is 1.02. The molecular formula is C14H11N. The summed E-state index contributed by atoms with van der Waals surface area (Å²) in [5.74, 6) is 0.741. The Kier molecular flexibility index (Phi) is 1.76. The summed E-state index contributed by atoms with van der Waals surface area (Å²) in [5, 5.41) is 11.4. The van der Waals surface area contributed by atoms with E-state index in [4.69, 9.17) is 5.26 Å². The van der Waals surface area contributed by atoms with Crippen LogP contribution in [0.5, 0.6) is 0 Å². The molecule has 0 radical (unpaired) electrons. The first-order valence-electron chi connectivity index (χ1n) is 5.27. The first-order valence-corrected chi connectivity index (χ1v) is 5.27. The largest absolute Gasteiger partial charge is 0.198 e. The number of rotatable bonds is 1. The second-order valence-electron chi connectivity index (χ2n) is 4.18. The summed E-state index contributed by atoms with van der Waals surface area (Å²) >= 11 is 0. The van der Waals surface area contributed by atoms with Crippen LogP contribution in [0.2, 0.25) is 0 Å². The molecule has 3 rings (SSSR count). The fourth-order valence-electron chi connectivity index (χ4n) is 2.14. The number of nitriles is 1. The predicted octanol–water partition coefficient (Wildman–Crippen LogP) is 3.47. The maximum atomic E-state index is 8.80. The van der Waals surface area contributed by atoms with Gasteiger partial charge in [0.1, 0.15) is 0 Å². The Bertz CT molecular complexity index is 551. The third-order valence-corrected chi connectivity index (χ3v) is 3.16. The van der Waals surface area contributed by atoms with Crippen LogP contribution in [-0.4, -0.2) is 0 Å². The van der Waals surface area contributed by atoms with Gasteiger partial charge >= 0.3 is 0 Å². The highest BCUT2D eigenvalue weighted by atomic mass is 14.4. The lowest BCUT2D eigenvalue weighted by atomic mass is 10.0. The lowest BCUT2D eigenvalue weighted by Gasteiger charge is -2.01. The molecule has 2 aromatic rings. The number of benzene rings is 2. The summed E-state index contributed by atoms with van der Waals surface area (Å²) in [6.07, 6.45) is 1.04. The van der Waals surface area contributed by atoms with Gasteiger partial charge in [0.2, 0.25) is 0 Å². The molecule has 2 atom stereocenters. The van der Waals surface area contributed by atoms with E-state index in [-0.39, 0.29) is 5.92 Å². The first-order chi connectivity index (χ1) is 7.38. The van der Waals surface area contributed by atoms with Crippen molar-refractivity contribution in [3.05, 3.63) is 48.0 Å². The van der Waals surface area contributed by atoms with Gasteiger partial charge in [-0.1, -0.05) is 42.5 Å². The highest BCUT2D eigenvalue weighted by Gasteiger charge is 2.38. The van der Waals surface area contributed by atoms with Crippen molar-refractivity contribution in [2.75, 3.05) is 0 Å². The van der Waals surface area contributed by atoms with E-state index in [1.54, 1.807) is 0 Å². The Hall–Kier alpha value is -1.81. The van der Waals surface area contributed by atoms with Gasteiger partial charge in [0.05, 0.1) is 12.0 Å². The van der Waals surface area contributed by atoms with E-state index in [0.29, 0.717) is 5.92 Å². The Labute approximate surface area is 89.0 Å². The molecule has 72 valence electrons. The van der Waals surface area contributed by atoms with Gasteiger partial charge in [-0.3, -0.25) is 0 Å². The molecular weight excluding hydrogens is 182 g/mol. The molecule has 1 aliphatic carbocycles. The molecule has 0 aliphatic heterocycles. The molecule has 0 saturated heterocycles.